The van der Waals surface area contributed by atoms with Crippen molar-refractivity contribution in [3.63, 3.8) is 0 Å². The minimum atomic E-state index is -1.14. The Hall–Kier alpha value is -4.50. The van der Waals surface area contributed by atoms with E-state index in [2.05, 4.69) is 15.2 Å². The molecule has 15 heteroatoms. The standard InChI is InChI=1S/C33H44N6O9/c1-2-47-33(45)39-15-13-38(14-16-39)32(44)26(7-8-30(41)42)35-31(43)27-21-28(24-5-3-4-6-25(24)34-27)48-22-29(40)37-11-9-23(10-12-37)36-17-19-46-20-18-36/h3-6,21,23,26H,2,7-20,22H2,1H3,(H,35,43)(H,41,42)/t26-/m0/s1. The SMILES string of the molecule is CCOC(=O)N1CCN(C(=O)[C@H](CCC(=O)O)NC(=O)c2cc(OCC(=O)N3CCC(N4CCOCC4)CC3)c3ccccc3n2)CC1. The lowest BCUT2D eigenvalue weighted by Crippen LogP contribution is -2.56. The van der Waals surface area contributed by atoms with E-state index in [1.165, 1.54) is 15.9 Å². The van der Waals surface area contributed by atoms with Crippen molar-refractivity contribution in [3.05, 3.63) is 36.0 Å². The second kappa shape index (κ2) is 16.6. The number of ether oxygens (including phenoxy) is 3. The number of amides is 4. The highest BCUT2D eigenvalue weighted by atomic mass is 16.6. The van der Waals surface area contributed by atoms with Gasteiger partial charge in [-0.25, -0.2) is 9.78 Å². The number of carbonyl (C=O) groups is 5. The van der Waals surface area contributed by atoms with Crippen LogP contribution in [-0.2, 0) is 23.9 Å². The number of aliphatic carboxylic acids is 1. The van der Waals surface area contributed by atoms with Crippen molar-refractivity contribution in [2.75, 3.05) is 78.8 Å². The molecule has 0 unspecified atom stereocenters. The van der Waals surface area contributed by atoms with Gasteiger partial charge in [-0.05, 0) is 38.3 Å². The Morgan fingerprint density at radius 2 is 1.65 bits per heavy atom. The molecule has 3 aliphatic rings. The van der Waals surface area contributed by atoms with Gasteiger partial charge in [-0.2, -0.15) is 0 Å². The lowest BCUT2D eigenvalue weighted by atomic mass is 10.0. The van der Waals surface area contributed by atoms with Gasteiger partial charge in [-0.3, -0.25) is 24.1 Å². The molecule has 2 aromatic rings. The maximum absolute atomic E-state index is 13.5. The van der Waals surface area contributed by atoms with E-state index in [9.17, 15) is 29.1 Å². The van der Waals surface area contributed by atoms with Crippen LogP contribution < -0.4 is 10.1 Å². The number of nitrogens with zero attached hydrogens (tertiary/aromatic N) is 5. The Balaban J connectivity index is 1.23. The van der Waals surface area contributed by atoms with Crippen molar-refractivity contribution in [1.82, 2.24) is 29.9 Å². The molecule has 5 rings (SSSR count). The molecule has 0 spiro atoms. The zero-order valence-corrected chi connectivity index (χ0v) is 27.3. The summed E-state index contributed by atoms with van der Waals surface area (Å²) in [6, 6.07) is 7.80. The van der Waals surface area contributed by atoms with E-state index in [0.717, 1.165) is 39.1 Å². The molecule has 0 saturated carbocycles. The maximum Gasteiger partial charge on any atom is 0.409 e. The molecule has 3 aliphatic heterocycles. The van der Waals surface area contributed by atoms with Crippen LogP contribution in [0.5, 0.6) is 5.75 Å². The van der Waals surface area contributed by atoms with Crippen LogP contribution in [0.4, 0.5) is 4.79 Å². The van der Waals surface area contributed by atoms with E-state index in [0.29, 0.717) is 35.8 Å². The van der Waals surface area contributed by atoms with Crippen molar-refractivity contribution in [3.8, 4) is 5.75 Å². The van der Waals surface area contributed by atoms with Crippen LogP contribution in [-0.4, -0.2) is 150 Å². The summed E-state index contributed by atoms with van der Waals surface area (Å²) >= 11 is 0. The second-order valence-electron chi connectivity index (χ2n) is 12.0. The second-order valence-corrected chi connectivity index (χ2v) is 12.0. The third kappa shape index (κ3) is 8.89. The van der Waals surface area contributed by atoms with Gasteiger partial charge in [0.15, 0.2) is 6.61 Å². The summed E-state index contributed by atoms with van der Waals surface area (Å²) in [4.78, 5) is 75.4. The smallest absolute Gasteiger partial charge is 0.409 e. The monoisotopic (exact) mass is 668 g/mol. The first-order valence-corrected chi connectivity index (χ1v) is 16.6. The highest BCUT2D eigenvalue weighted by Crippen LogP contribution is 2.26. The number of para-hydroxylation sites is 1. The number of fused-ring (bicyclic) bond motifs is 1. The number of nitrogens with one attached hydrogen (secondary N) is 1. The fourth-order valence-electron chi connectivity index (χ4n) is 6.33. The lowest BCUT2D eigenvalue weighted by molar-refractivity contribution is -0.138. The number of rotatable bonds is 11. The van der Waals surface area contributed by atoms with Crippen molar-refractivity contribution >= 4 is 40.7 Å². The lowest BCUT2D eigenvalue weighted by Gasteiger charge is -2.40. The van der Waals surface area contributed by atoms with Crippen molar-refractivity contribution in [1.29, 1.82) is 0 Å². The third-order valence-corrected chi connectivity index (χ3v) is 9.01. The van der Waals surface area contributed by atoms with Crippen LogP contribution in [0.3, 0.4) is 0 Å². The van der Waals surface area contributed by atoms with Crippen molar-refractivity contribution in [2.45, 2.75) is 44.7 Å². The number of hydrogen-bond donors (Lipinski definition) is 2. The summed E-state index contributed by atoms with van der Waals surface area (Å²) in [6.07, 6.45) is 0.834. The van der Waals surface area contributed by atoms with Crippen LogP contribution in [0, 0.1) is 0 Å². The van der Waals surface area contributed by atoms with Gasteiger partial charge in [0.1, 0.15) is 17.5 Å². The number of carboxylic acid groups (broad SMARTS) is 1. The fourth-order valence-corrected chi connectivity index (χ4v) is 6.33. The van der Waals surface area contributed by atoms with Crippen LogP contribution in [0.25, 0.3) is 10.9 Å². The number of likely N-dealkylation sites (tertiary alicyclic amines) is 1. The first-order valence-electron chi connectivity index (χ1n) is 16.6. The summed E-state index contributed by atoms with van der Waals surface area (Å²) in [5, 5.41) is 12.6. The normalized spacial score (nSPS) is 18.3. The minimum Gasteiger partial charge on any atom is -0.483 e. The average Bonchev–Trinajstić information content (AvgIpc) is 3.12. The molecular formula is C33H44N6O9. The Morgan fingerprint density at radius 3 is 2.33 bits per heavy atom. The van der Waals surface area contributed by atoms with E-state index >= 15 is 0 Å². The summed E-state index contributed by atoms with van der Waals surface area (Å²) in [5.74, 6) is -2.09. The summed E-state index contributed by atoms with van der Waals surface area (Å²) in [6.45, 7) is 7.24. The highest BCUT2D eigenvalue weighted by molar-refractivity contribution is 5.99. The molecule has 3 fully saturated rings. The van der Waals surface area contributed by atoms with Crippen LogP contribution in [0.1, 0.15) is 43.1 Å². The zero-order valence-electron chi connectivity index (χ0n) is 27.3. The summed E-state index contributed by atoms with van der Waals surface area (Å²) in [5.41, 5.74) is 0.421. The van der Waals surface area contributed by atoms with Gasteiger partial charge in [0.25, 0.3) is 11.8 Å². The summed E-state index contributed by atoms with van der Waals surface area (Å²) in [7, 11) is 0. The van der Waals surface area contributed by atoms with Gasteiger partial charge >= 0.3 is 12.1 Å². The van der Waals surface area contributed by atoms with Gasteiger partial charge in [0.2, 0.25) is 5.91 Å². The number of hydrogen-bond acceptors (Lipinski definition) is 10. The minimum absolute atomic E-state index is 0.0391. The fraction of sp³-hybridized carbons (Fsp3) is 0.576. The van der Waals surface area contributed by atoms with Crippen LogP contribution in [0.2, 0.25) is 0 Å². The quantitative estimate of drug-likeness (QED) is 0.353. The maximum atomic E-state index is 13.5. The van der Waals surface area contributed by atoms with Crippen molar-refractivity contribution < 1.29 is 43.3 Å². The number of carboxylic acids is 1. The Bertz CT molecular complexity index is 1470. The van der Waals surface area contributed by atoms with E-state index in [4.69, 9.17) is 14.2 Å². The number of morpholine rings is 1. The molecule has 48 heavy (non-hydrogen) atoms. The van der Waals surface area contributed by atoms with E-state index in [1.54, 1.807) is 36.1 Å². The number of piperazine rings is 1. The van der Waals surface area contributed by atoms with E-state index in [-0.39, 0.29) is 63.8 Å². The molecule has 3 saturated heterocycles. The van der Waals surface area contributed by atoms with Gasteiger partial charge in [-0.1, -0.05) is 12.1 Å². The molecule has 0 radical (unpaired) electrons. The van der Waals surface area contributed by atoms with Gasteiger partial charge in [0, 0.05) is 76.3 Å². The molecule has 1 aromatic carbocycles. The first kappa shape index (κ1) is 34.8. The Kier molecular flexibility index (Phi) is 12.0. The van der Waals surface area contributed by atoms with Gasteiger partial charge < -0.3 is 39.3 Å². The Labute approximate surface area is 279 Å². The number of carbonyl (C=O) groups excluding carboxylic acids is 4. The molecule has 15 nitrogen and oxygen atoms in total. The van der Waals surface area contributed by atoms with Crippen LogP contribution >= 0.6 is 0 Å². The molecule has 260 valence electrons. The van der Waals surface area contributed by atoms with Gasteiger partial charge in [-0.15, -0.1) is 0 Å². The zero-order chi connectivity index (χ0) is 34.0. The molecule has 0 bridgehead atoms. The first-order chi connectivity index (χ1) is 23.2. The number of piperidine rings is 1. The summed E-state index contributed by atoms with van der Waals surface area (Å²) < 4.78 is 16.5. The molecule has 2 N–H and O–H groups in total. The molecular weight excluding hydrogens is 624 g/mol. The highest BCUT2D eigenvalue weighted by Gasteiger charge is 2.32. The molecule has 4 amide bonds. The topological polar surface area (TPSA) is 171 Å². The third-order valence-electron chi connectivity index (χ3n) is 9.01. The number of benzene rings is 1. The molecule has 1 atom stereocenters. The largest absolute Gasteiger partial charge is 0.483 e. The predicted molar refractivity (Wildman–Crippen MR) is 173 cm³/mol. The van der Waals surface area contributed by atoms with Gasteiger partial charge in [0.05, 0.1) is 25.3 Å². The van der Waals surface area contributed by atoms with Crippen LogP contribution in [0.15, 0.2) is 30.3 Å². The molecule has 4 heterocycles. The van der Waals surface area contributed by atoms with E-state index < -0.39 is 29.9 Å². The van der Waals surface area contributed by atoms with E-state index in [1.807, 2.05) is 0 Å². The van der Waals surface area contributed by atoms with Crippen molar-refractivity contribution in [2.24, 2.45) is 0 Å². The number of aromatic nitrogens is 1. The molecule has 1 aromatic heterocycles. The Morgan fingerprint density at radius 1 is 0.958 bits per heavy atom. The average molecular weight is 669 g/mol. The molecule has 0 aliphatic carbocycles. The predicted octanol–water partition coefficient (Wildman–Crippen LogP) is 1.20. The number of pyridine rings is 1.